The molecule has 2 rings (SSSR count). The molecule has 2 N–H and O–H groups in total. The van der Waals surface area contributed by atoms with E-state index in [0.717, 1.165) is 16.8 Å². The lowest BCUT2D eigenvalue weighted by atomic mass is 10.4. The molecule has 1 amide bonds. The second-order valence-electron chi connectivity index (χ2n) is 2.81. The number of primary amides is 1. The number of nitrogens with two attached hydrogens (primary N) is 1. The van der Waals surface area contributed by atoms with Gasteiger partial charge in [-0.2, -0.15) is 0 Å². The van der Waals surface area contributed by atoms with Crippen molar-refractivity contribution in [3.8, 4) is 0 Å². The van der Waals surface area contributed by atoms with E-state index >= 15 is 0 Å². The normalized spacial score (nSPS) is 10.8. The number of thiophene rings is 1. The molecular weight excluding hydrogens is 184 g/mol. The monoisotopic (exact) mass is 194 g/mol. The van der Waals surface area contributed by atoms with E-state index in [-0.39, 0.29) is 5.91 Å². The van der Waals surface area contributed by atoms with Crippen LogP contribution >= 0.6 is 11.3 Å². The number of fused-ring (bicyclic) bond motifs is 1. The van der Waals surface area contributed by atoms with Crippen LogP contribution < -0.4 is 5.73 Å². The largest absolute Gasteiger partial charge is 0.364 e. The van der Waals surface area contributed by atoms with Crippen LogP contribution in [0.5, 0.6) is 0 Å². The fourth-order valence-electron chi connectivity index (χ4n) is 1.52. The molecule has 0 spiro atoms. The molecule has 0 aliphatic carbocycles. The second kappa shape index (κ2) is 2.88. The fraction of sp³-hybridized carbons (Fsp3) is 0.222. The fourth-order valence-corrected chi connectivity index (χ4v) is 2.34. The molecule has 68 valence electrons. The highest BCUT2D eigenvalue weighted by atomic mass is 32.1. The molecule has 0 atom stereocenters. The van der Waals surface area contributed by atoms with Crippen molar-refractivity contribution >= 4 is 27.5 Å². The summed E-state index contributed by atoms with van der Waals surface area (Å²) in [5.41, 5.74) is 6.96. The van der Waals surface area contributed by atoms with E-state index in [1.807, 2.05) is 29.0 Å². The van der Waals surface area contributed by atoms with Gasteiger partial charge in [-0.1, -0.05) is 0 Å². The van der Waals surface area contributed by atoms with Crippen molar-refractivity contribution in [3.05, 3.63) is 23.2 Å². The first-order valence-electron chi connectivity index (χ1n) is 4.10. The number of amides is 1. The maximum atomic E-state index is 11.1. The minimum absolute atomic E-state index is 0.356. The van der Waals surface area contributed by atoms with E-state index in [1.165, 1.54) is 0 Å². The molecule has 0 aliphatic rings. The van der Waals surface area contributed by atoms with Gasteiger partial charge in [0, 0.05) is 6.54 Å². The molecule has 0 aromatic carbocycles. The average Bonchev–Trinajstić information content (AvgIpc) is 2.60. The predicted molar refractivity (Wildman–Crippen MR) is 54.0 cm³/mol. The molecule has 3 nitrogen and oxygen atoms in total. The van der Waals surface area contributed by atoms with E-state index in [4.69, 9.17) is 5.73 Å². The van der Waals surface area contributed by atoms with Gasteiger partial charge < -0.3 is 10.3 Å². The van der Waals surface area contributed by atoms with Crippen LogP contribution in [0.3, 0.4) is 0 Å². The molecule has 0 unspecified atom stereocenters. The number of rotatable bonds is 2. The molecule has 4 heteroatoms. The predicted octanol–water partition coefficient (Wildman–Crippen LogP) is 1.82. The minimum Gasteiger partial charge on any atom is -0.364 e. The SMILES string of the molecule is CCn1c(C(N)=O)cc2sccc21. The van der Waals surface area contributed by atoms with Gasteiger partial charge in [-0.25, -0.2) is 0 Å². The molecule has 0 saturated heterocycles. The maximum absolute atomic E-state index is 11.1. The highest BCUT2D eigenvalue weighted by Gasteiger charge is 2.11. The van der Waals surface area contributed by atoms with Crippen molar-refractivity contribution in [3.63, 3.8) is 0 Å². The molecule has 0 bridgehead atoms. The van der Waals surface area contributed by atoms with E-state index in [0.29, 0.717) is 5.69 Å². The Hall–Kier alpha value is -1.29. The van der Waals surface area contributed by atoms with Gasteiger partial charge in [0.1, 0.15) is 5.69 Å². The quantitative estimate of drug-likeness (QED) is 0.778. The summed E-state index contributed by atoms with van der Waals surface area (Å²) < 4.78 is 3.06. The third-order valence-electron chi connectivity index (χ3n) is 2.09. The lowest BCUT2D eigenvalue weighted by Gasteiger charge is -2.02. The number of aryl methyl sites for hydroxylation is 1. The molecule has 2 heterocycles. The van der Waals surface area contributed by atoms with Crippen LogP contribution in [0.25, 0.3) is 10.2 Å². The number of aromatic nitrogens is 1. The van der Waals surface area contributed by atoms with Crippen molar-refractivity contribution in [1.29, 1.82) is 0 Å². The Morgan fingerprint density at radius 1 is 1.69 bits per heavy atom. The Kier molecular flexibility index (Phi) is 1.84. The first-order valence-corrected chi connectivity index (χ1v) is 4.98. The molecule has 0 saturated carbocycles. The molecule has 0 radical (unpaired) electrons. The number of hydrogen-bond donors (Lipinski definition) is 1. The van der Waals surface area contributed by atoms with Crippen molar-refractivity contribution in [2.24, 2.45) is 5.73 Å². The summed E-state index contributed by atoms with van der Waals surface area (Å²) in [4.78, 5) is 11.1. The van der Waals surface area contributed by atoms with E-state index < -0.39 is 0 Å². The highest BCUT2D eigenvalue weighted by molar-refractivity contribution is 7.17. The van der Waals surface area contributed by atoms with Gasteiger partial charge in [0.2, 0.25) is 0 Å². The summed E-state index contributed by atoms with van der Waals surface area (Å²) >= 11 is 1.63. The van der Waals surface area contributed by atoms with Gasteiger partial charge >= 0.3 is 0 Å². The van der Waals surface area contributed by atoms with Crippen LogP contribution in [-0.2, 0) is 6.54 Å². The van der Waals surface area contributed by atoms with Crippen molar-refractivity contribution in [2.45, 2.75) is 13.5 Å². The second-order valence-corrected chi connectivity index (χ2v) is 3.76. The highest BCUT2D eigenvalue weighted by Crippen LogP contribution is 2.24. The molecule has 13 heavy (non-hydrogen) atoms. The molecule has 0 fully saturated rings. The zero-order valence-electron chi connectivity index (χ0n) is 7.28. The van der Waals surface area contributed by atoms with E-state index in [1.54, 1.807) is 11.3 Å². The van der Waals surface area contributed by atoms with E-state index in [9.17, 15) is 4.79 Å². The summed E-state index contributed by atoms with van der Waals surface area (Å²) in [5.74, 6) is -0.356. The van der Waals surface area contributed by atoms with Gasteiger partial charge in [0.05, 0.1) is 10.2 Å². The molecule has 2 aromatic rings. The van der Waals surface area contributed by atoms with Gasteiger partial charge in [-0.05, 0) is 24.4 Å². The molecular formula is C9H10N2OS. The summed E-state index contributed by atoms with van der Waals surface area (Å²) in [6, 6.07) is 3.86. The van der Waals surface area contributed by atoms with Crippen LogP contribution in [0.2, 0.25) is 0 Å². The third-order valence-corrected chi connectivity index (χ3v) is 2.94. The third kappa shape index (κ3) is 1.14. The topological polar surface area (TPSA) is 48.0 Å². The van der Waals surface area contributed by atoms with Gasteiger partial charge in [0.25, 0.3) is 5.91 Å². The van der Waals surface area contributed by atoms with Gasteiger partial charge in [-0.15, -0.1) is 11.3 Å². The van der Waals surface area contributed by atoms with Crippen LogP contribution in [0.15, 0.2) is 17.5 Å². The minimum atomic E-state index is -0.356. The first kappa shape index (κ1) is 8.31. The Bertz CT molecular complexity index is 455. The standard InChI is InChI=1S/C9H10N2OS/c1-2-11-6-3-4-13-8(6)5-7(11)9(10)12/h3-5H,2H2,1H3,(H2,10,12). The van der Waals surface area contributed by atoms with Crippen LogP contribution in [-0.4, -0.2) is 10.5 Å². The zero-order valence-corrected chi connectivity index (χ0v) is 8.10. The number of nitrogens with zero attached hydrogens (tertiary/aromatic N) is 1. The lowest BCUT2D eigenvalue weighted by molar-refractivity contribution is 0.0992. The number of hydrogen-bond acceptors (Lipinski definition) is 2. The van der Waals surface area contributed by atoms with Crippen molar-refractivity contribution in [1.82, 2.24) is 4.57 Å². The van der Waals surface area contributed by atoms with Crippen LogP contribution in [0.4, 0.5) is 0 Å². The first-order chi connectivity index (χ1) is 6.24. The Morgan fingerprint density at radius 3 is 3.08 bits per heavy atom. The summed E-state index contributed by atoms with van der Waals surface area (Å²) in [6.45, 7) is 2.78. The number of carbonyl (C=O) groups is 1. The smallest absolute Gasteiger partial charge is 0.265 e. The van der Waals surface area contributed by atoms with E-state index in [2.05, 4.69) is 0 Å². The molecule has 2 aromatic heterocycles. The summed E-state index contributed by atoms with van der Waals surface area (Å²) in [5, 5.41) is 2.02. The lowest BCUT2D eigenvalue weighted by Crippen LogP contribution is -2.16. The van der Waals surface area contributed by atoms with Crippen LogP contribution in [0.1, 0.15) is 17.4 Å². The van der Waals surface area contributed by atoms with Crippen molar-refractivity contribution in [2.75, 3.05) is 0 Å². The van der Waals surface area contributed by atoms with Gasteiger partial charge in [0.15, 0.2) is 0 Å². The summed E-state index contributed by atoms with van der Waals surface area (Å²) in [6.07, 6.45) is 0. The van der Waals surface area contributed by atoms with Crippen molar-refractivity contribution < 1.29 is 4.79 Å². The van der Waals surface area contributed by atoms with Crippen LogP contribution in [0, 0.1) is 0 Å². The maximum Gasteiger partial charge on any atom is 0.265 e. The Labute approximate surface area is 79.8 Å². The Balaban J connectivity index is 2.74. The zero-order chi connectivity index (χ0) is 9.42. The number of carbonyl (C=O) groups excluding carboxylic acids is 1. The Morgan fingerprint density at radius 2 is 2.46 bits per heavy atom. The average molecular weight is 194 g/mol. The summed E-state index contributed by atoms with van der Waals surface area (Å²) in [7, 11) is 0. The van der Waals surface area contributed by atoms with Gasteiger partial charge in [-0.3, -0.25) is 4.79 Å². The molecule has 0 aliphatic heterocycles.